The first kappa shape index (κ1) is 10.3. The minimum Gasteiger partial charge on any atom is -0.330 e. The van der Waals surface area contributed by atoms with Gasteiger partial charge in [0, 0.05) is 12.4 Å². The van der Waals surface area contributed by atoms with Crippen LogP contribution in [0.1, 0.15) is 5.56 Å². The molecule has 78 valence electrons. The van der Waals surface area contributed by atoms with Crippen molar-refractivity contribution in [2.45, 2.75) is 6.42 Å². The van der Waals surface area contributed by atoms with Crippen LogP contribution in [-0.2, 0) is 6.42 Å². The molecule has 0 aliphatic rings. The van der Waals surface area contributed by atoms with Gasteiger partial charge >= 0.3 is 0 Å². The zero-order valence-electron chi connectivity index (χ0n) is 8.10. The van der Waals surface area contributed by atoms with Crippen LogP contribution >= 0.6 is 15.9 Å². The van der Waals surface area contributed by atoms with Crippen molar-refractivity contribution in [3.05, 3.63) is 40.9 Å². The summed E-state index contributed by atoms with van der Waals surface area (Å²) in [6.45, 7) is 0.633. The molecule has 0 spiro atoms. The van der Waals surface area contributed by atoms with Gasteiger partial charge in [0.2, 0.25) is 0 Å². The maximum absolute atomic E-state index is 5.50. The van der Waals surface area contributed by atoms with Crippen LogP contribution in [0.4, 0.5) is 0 Å². The third-order valence-electron chi connectivity index (χ3n) is 2.03. The van der Waals surface area contributed by atoms with Crippen LogP contribution in [0.2, 0.25) is 0 Å². The van der Waals surface area contributed by atoms with E-state index in [9.17, 15) is 0 Å². The Morgan fingerprint density at radius 1 is 1.33 bits per heavy atom. The smallest absolute Gasteiger partial charge is 0.0831 e. The van der Waals surface area contributed by atoms with Crippen molar-refractivity contribution in [1.29, 1.82) is 0 Å². The van der Waals surface area contributed by atoms with Crippen molar-refractivity contribution in [2.75, 3.05) is 6.54 Å². The topological polar surface area (TPSA) is 56.7 Å². The summed E-state index contributed by atoms with van der Waals surface area (Å²) in [4.78, 5) is 4.16. The molecule has 0 atom stereocenters. The molecule has 0 unspecified atom stereocenters. The fourth-order valence-electron chi connectivity index (χ4n) is 1.34. The van der Waals surface area contributed by atoms with E-state index in [0.717, 1.165) is 22.1 Å². The lowest BCUT2D eigenvalue weighted by Crippen LogP contribution is -2.04. The van der Waals surface area contributed by atoms with E-state index < -0.39 is 0 Å². The molecule has 0 aliphatic heterocycles. The van der Waals surface area contributed by atoms with E-state index in [4.69, 9.17) is 5.73 Å². The van der Waals surface area contributed by atoms with Crippen LogP contribution in [0.5, 0.6) is 0 Å². The second-order valence-corrected chi connectivity index (χ2v) is 4.11. The van der Waals surface area contributed by atoms with Crippen molar-refractivity contribution in [1.82, 2.24) is 14.8 Å². The summed E-state index contributed by atoms with van der Waals surface area (Å²) in [5.74, 6) is 0. The molecule has 0 aliphatic carbocycles. The third kappa shape index (κ3) is 2.43. The summed E-state index contributed by atoms with van der Waals surface area (Å²) in [7, 11) is 0. The van der Waals surface area contributed by atoms with Gasteiger partial charge in [0.15, 0.2) is 0 Å². The number of nitrogens with two attached hydrogens (primary N) is 1. The lowest BCUT2D eigenvalue weighted by atomic mass is 10.2. The third-order valence-corrected chi connectivity index (χ3v) is 2.44. The number of halogens is 1. The van der Waals surface area contributed by atoms with Gasteiger partial charge in [-0.1, -0.05) is 0 Å². The van der Waals surface area contributed by atoms with Gasteiger partial charge in [0.1, 0.15) is 0 Å². The summed E-state index contributed by atoms with van der Waals surface area (Å²) in [6.07, 6.45) is 8.08. The van der Waals surface area contributed by atoms with Gasteiger partial charge < -0.3 is 5.73 Å². The molecule has 15 heavy (non-hydrogen) atoms. The monoisotopic (exact) mass is 266 g/mol. The molecule has 4 nitrogen and oxygen atoms in total. The molecule has 2 heterocycles. The van der Waals surface area contributed by atoms with E-state index >= 15 is 0 Å². The SMILES string of the molecule is NCCc1cncc(-n2cc(Br)cn2)c1. The van der Waals surface area contributed by atoms with E-state index in [2.05, 4.69) is 26.0 Å². The minimum absolute atomic E-state index is 0.633. The molecule has 0 saturated carbocycles. The molecule has 2 aromatic rings. The Hall–Kier alpha value is -1.20. The number of nitrogens with zero attached hydrogens (tertiary/aromatic N) is 3. The fraction of sp³-hybridized carbons (Fsp3) is 0.200. The van der Waals surface area contributed by atoms with Gasteiger partial charge in [-0.15, -0.1) is 0 Å². The Labute approximate surface area is 96.3 Å². The molecule has 0 aromatic carbocycles. The first-order chi connectivity index (χ1) is 7.29. The lowest BCUT2D eigenvalue weighted by molar-refractivity contribution is 0.864. The highest BCUT2D eigenvalue weighted by molar-refractivity contribution is 9.10. The van der Waals surface area contributed by atoms with Crippen LogP contribution in [0, 0.1) is 0 Å². The Morgan fingerprint density at radius 2 is 2.20 bits per heavy atom. The Balaban J connectivity index is 2.32. The molecule has 5 heteroatoms. The molecule has 0 fully saturated rings. The number of pyridine rings is 1. The van der Waals surface area contributed by atoms with Crippen LogP contribution in [-0.4, -0.2) is 21.3 Å². The van der Waals surface area contributed by atoms with Crippen LogP contribution in [0.3, 0.4) is 0 Å². The quantitative estimate of drug-likeness (QED) is 0.917. The standard InChI is InChI=1S/C10H11BrN4/c11-9-5-14-15(7-9)10-3-8(1-2-12)4-13-6-10/h3-7H,1-2,12H2. The van der Waals surface area contributed by atoms with E-state index in [-0.39, 0.29) is 0 Å². The molecule has 2 N–H and O–H groups in total. The fourth-order valence-corrected chi connectivity index (χ4v) is 1.63. The minimum atomic E-state index is 0.633. The summed E-state index contributed by atoms with van der Waals surface area (Å²) in [6, 6.07) is 2.04. The largest absolute Gasteiger partial charge is 0.330 e. The van der Waals surface area contributed by atoms with Gasteiger partial charge in [-0.25, -0.2) is 4.68 Å². The van der Waals surface area contributed by atoms with Crippen LogP contribution in [0.15, 0.2) is 35.3 Å². The van der Waals surface area contributed by atoms with E-state index in [1.807, 2.05) is 18.5 Å². The van der Waals surface area contributed by atoms with Crippen LogP contribution in [0.25, 0.3) is 5.69 Å². The summed E-state index contributed by atoms with van der Waals surface area (Å²) < 4.78 is 2.73. The lowest BCUT2D eigenvalue weighted by Gasteiger charge is -2.03. The average molecular weight is 267 g/mol. The van der Waals surface area contributed by atoms with Crippen molar-refractivity contribution in [2.24, 2.45) is 5.73 Å². The average Bonchev–Trinajstić information content (AvgIpc) is 2.66. The predicted molar refractivity (Wildman–Crippen MR) is 61.8 cm³/mol. The highest BCUT2D eigenvalue weighted by Crippen LogP contribution is 2.12. The maximum Gasteiger partial charge on any atom is 0.0831 e. The first-order valence-corrected chi connectivity index (χ1v) is 5.43. The highest BCUT2D eigenvalue weighted by atomic mass is 79.9. The van der Waals surface area contributed by atoms with Crippen molar-refractivity contribution >= 4 is 15.9 Å². The van der Waals surface area contributed by atoms with E-state index in [1.54, 1.807) is 17.1 Å². The van der Waals surface area contributed by atoms with Gasteiger partial charge in [-0.05, 0) is 40.5 Å². The molecule has 2 rings (SSSR count). The maximum atomic E-state index is 5.50. The number of hydrogen-bond donors (Lipinski definition) is 1. The molecular formula is C10H11BrN4. The molecule has 0 amide bonds. The Kier molecular flexibility index (Phi) is 3.13. The van der Waals surface area contributed by atoms with Gasteiger partial charge in [-0.2, -0.15) is 5.10 Å². The first-order valence-electron chi connectivity index (χ1n) is 4.64. The van der Waals surface area contributed by atoms with Crippen molar-refractivity contribution in [3.63, 3.8) is 0 Å². The van der Waals surface area contributed by atoms with E-state index in [0.29, 0.717) is 6.54 Å². The van der Waals surface area contributed by atoms with E-state index in [1.165, 1.54) is 0 Å². The summed E-state index contributed by atoms with van der Waals surface area (Å²) in [5.41, 5.74) is 7.57. The molecule has 2 aromatic heterocycles. The molecule has 0 radical (unpaired) electrons. The number of rotatable bonds is 3. The van der Waals surface area contributed by atoms with Crippen molar-refractivity contribution < 1.29 is 0 Å². The normalized spacial score (nSPS) is 10.5. The number of hydrogen-bond acceptors (Lipinski definition) is 3. The second-order valence-electron chi connectivity index (χ2n) is 3.19. The van der Waals surface area contributed by atoms with Gasteiger partial charge in [0.05, 0.1) is 22.6 Å². The molecular weight excluding hydrogens is 256 g/mol. The second kappa shape index (κ2) is 4.55. The van der Waals surface area contributed by atoms with Gasteiger partial charge in [0.25, 0.3) is 0 Å². The zero-order valence-corrected chi connectivity index (χ0v) is 9.68. The van der Waals surface area contributed by atoms with Crippen molar-refractivity contribution in [3.8, 4) is 5.69 Å². The summed E-state index contributed by atoms with van der Waals surface area (Å²) >= 11 is 3.35. The molecule has 0 bridgehead atoms. The Morgan fingerprint density at radius 3 is 2.87 bits per heavy atom. The molecule has 0 saturated heterocycles. The van der Waals surface area contributed by atoms with Crippen LogP contribution < -0.4 is 5.73 Å². The Bertz CT molecular complexity index is 452. The summed E-state index contributed by atoms with van der Waals surface area (Å²) in [5, 5.41) is 4.19. The number of aromatic nitrogens is 3. The predicted octanol–water partition coefficient (Wildman–Crippen LogP) is 1.53. The van der Waals surface area contributed by atoms with Gasteiger partial charge in [-0.3, -0.25) is 4.98 Å². The highest BCUT2D eigenvalue weighted by Gasteiger charge is 2.00. The zero-order chi connectivity index (χ0) is 10.7.